The lowest BCUT2D eigenvalue weighted by molar-refractivity contribution is 0.241. The van der Waals surface area contributed by atoms with E-state index in [-0.39, 0.29) is 5.54 Å². The first-order chi connectivity index (χ1) is 8.09. The highest BCUT2D eigenvalue weighted by Crippen LogP contribution is 2.27. The zero-order chi connectivity index (χ0) is 14.0. The van der Waals surface area contributed by atoms with Gasteiger partial charge in [0.15, 0.2) is 0 Å². The summed E-state index contributed by atoms with van der Waals surface area (Å²) in [6, 6.07) is 6.05. The van der Waals surface area contributed by atoms with Gasteiger partial charge in [0.25, 0.3) is 0 Å². The summed E-state index contributed by atoms with van der Waals surface area (Å²) in [5, 5.41) is 3.60. The number of halogens is 1. The molecule has 0 aliphatic heterocycles. The number of nitrogen functional groups attached to an aromatic ring is 1. The summed E-state index contributed by atoms with van der Waals surface area (Å²) < 4.78 is 1.03. The highest BCUT2D eigenvalue weighted by molar-refractivity contribution is 9.10. The Kier molecular flexibility index (Phi) is 4.84. The first-order valence-electron chi connectivity index (χ1n) is 6.38. The molecule has 0 bridgehead atoms. The van der Waals surface area contributed by atoms with Gasteiger partial charge in [0.2, 0.25) is 0 Å². The van der Waals surface area contributed by atoms with Gasteiger partial charge in [0, 0.05) is 22.2 Å². The SMILES string of the molecule is CC(C)(C)CC(C)(C)NCc1ccc(Br)cc1N. The third kappa shape index (κ3) is 5.40. The van der Waals surface area contributed by atoms with E-state index in [1.807, 2.05) is 12.1 Å². The molecule has 0 aliphatic carbocycles. The molecule has 0 fully saturated rings. The van der Waals surface area contributed by atoms with E-state index in [2.05, 4.69) is 61.9 Å². The molecule has 0 aliphatic rings. The first kappa shape index (κ1) is 15.5. The number of benzene rings is 1. The molecule has 1 aromatic carbocycles. The molecule has 0 saturated heterocycles. The Hall–Kier alpha value is -0.540. The van der Waals surface area contributed by atoms with Crippen LogP contribution in [0.15, 0.2) is 22.7 Å². The predicted molar refractivity (Wildman–Crippen MR) is 83.5 cm³/mol. The molecule has 0 saturated carbocycles. The number of nitrogens with one attached hydrogen (secondary N) is 1. The maximum atomic E-state index is 6.01. The molecule has 0 amide bonds. The quantitative estimate of drug-likeness (QED) is 0.812. The van der Waals surface area contributed by atoms with Crippen LogP contribution in [0.4, 0.5) is 5.69 Å². The number of nitrogens with two attached hydrogens (primary N) is 1. The van der Waals surface area contributed by atoms with Crippen LogP contribution in [0, 0.1) is 5.41 Å². The second-order valence-electron chi connectivity index (χ2n) is 6.82. The van der Waals surface area contributed by atoms with Crippen LogP contribution >= 0.6 is 15.9 Å². The van der Waals surface area contributed by atoms with E-state index < -0.39 is 0 Å². The zero-order valence-corrected chi connectivity index (χ0v) is 13.7. The maximum absolute atomic E-state index is 6.01. The Balaban J connectivity index is 2.64. The van der Waals surface area contributed by atoms with Crippen molar-refractivity contribution in [1.29, 1.82) is 0 Å². The van der Waals surface area contributed by atoms with Gasteiger partial charge in [-0.3, -0.25) is 0 Å². The van der Waals surface area contributed by atoms with Gasteiger partial charge in [-0.2, -0.15) is 0 Å². The average Bonchev–Trinajstić information content (AvgIpc) is 2.12. The fourth-order valence-corrected chi connectivity index (χ4v) is 2.83. The van der Waals surface area contributed by atoms with Crippen molar-refractivity contribution >= 4 is 21.6 Å². The molecule has 102 valence electrons. The van der Waals surface area contributed by atoms with Crippen LogP contribution in [0.5, 0.6) is 0 Å². The van der Waals surface area contributed by atoms with E-state index in [0.717, 1.165) is 28.7 Å². The molecule has 2 nitrogen and oxygen atoms in total. The first-order valence-corrected chi connectivity index (χ1v) is 7.17. The largest absolute Gasteiger partial charge is 0.398 e. The second-order valence-corrected chi connectivity index (χ2v) is 7.73. The van der Waals surface area contributed by atoms with Crippen LogP contribution in [0.3, 0.4) is 0 Å². The van der Waals surface area contributed by atoms with Crippen molar-refractivity contribution in [2.45, 2.75) is 53.1 Å². The van der Waals surface area contributed by atoms with Gasteiger partial charge in [0.05, 0.1) is 0 Å². The Morgan fingerprint density at radius 3 is 2.28 bits per heavy atom. The summed E-state index contributed by atoms with van der Waals surface area (Å²) in [6.07, 6.45) is 1.12. The van der Waals surface area contributed by atoms with Crippen molar-refractivity contribution < 1.29 is 0 Å². The third-order valence-electron chi connectivity index (χ3n) is 2.84. The maximum Gasteiger partial charge on any atom is 0.0370 e. The molecule has 0 heterocycles. The minimum absolute atomic E-state index is 0.109. The van der Waals surface area contributed by atoms with E-state index in [9.17, 15) is 0 Å². The fraction of sp³-hybridized carbons (Fsp3) is 0.600. The van der Waals surface area contributed by atoms with Crippen LogP contribution in [-0.2, 0) is 6.54 Å². The van der Waals surface area contributed by atoms with Crippen molar-refractivity contribution in [1.82, 2.24) is 5.32 Å². The lowest BCUT2D eigenvalue weighted by atomic mass is 9.81. The van der Waals surface area contributed by atoms with Gasteiger partial charge in [0.1, 0.15) is 0 Å². The smallest absolute Gasteiger partial charge is 0.0370 e. The van der Waals surface area contributed by atoms with Crippen molar-refractivity contribution in [3.05, 3.63) is 28.2 Å². The Labute approximate surface area is 119 Å². The molecule has 0 unspecified atom stereocenters. The second kappa shape index (κ2) is 5.62. The molecule has 0 aromatic heterocycles. The average molecular weight is 313 g/mol. The number of hydrogen-bond acceptors (Lipinski definition) is 2. The van der Waals surface area contributed by atoms with Crippen LogP contribution in [0.25, 0.3) is 0 Å². The van der Waals surface area contributed by atoms with E-state index in [0.29, 0.717) is 5.41 Å². The Bertz CT molecular complexity index is 405. The minimum Gasteiger partial charge on any atom is -0.398 e. The van der Waals surface area contributed by atoms with Crippen molar-refractivity contribution in [3.63, 3.8) is 0 Å². The summed E-state index contributed by atoms with van der Waals surface area (Å²) in [7, 11) is 0. The number of rotatable bonds is 4. The summed E-state index contributed by atoms with van der Waals surface area (Å²) in [4.78, 5) is 0. The lowest BCUT2D eigenvalue weighted by Gasteiger charge is -2.33. The molecular weight excluding hydrogens is 288 g/mol. The predicted octanol–water partition coefficient (Wildman–Crippen LogP) is 4.34. The molecular formula is C15H25BrN2. The molecule has 0 spiro atoms. The van der Waals surface area contributed by atoms with Gasteiger partial charge in [-0.25, -0.2) is 0 Å². The van der Waals surface area contributed by atoms with E-state index in [4.69, 9.17) is 5.73 Å². The van der Waals surface area contributed by atoms with Crippen LogP contribution in [0.1, 0.15) is 46.6 Å². The zero-order valence-electron chi connectivity index (χ0n) is 12.1. The summed E-state index contributed by atoms with van der Waals surface area (Å²) in [5.41, 5.74) is 8.43. The van der Waals surface area contributed by atoms with Gasteiger partial charge in [-0.1, -0.05) is 42.8 Å². The topological polar surface area (TPSA) is 38.0 Å². The molecule has 3 heteroatoms. The number of anilines is 1. The summed E-state index contributed by atoms with van der Waals surface area (Å²) in [6.45, 7) is 12.1. The summed E-state index contributed by atoms with van der Waals surface area (Å²) >= 11 is 3.43. The van der Waals surface area contributed by atoms with Crippen molar-refractivity contribution in [3.8, 4) is 0 Å². The molecule has 1 rings (SSSR count). The summed E-state index contributed by atoms with van der Waals surface area (Å²) in [5.74, 6) is 0. The van der Waals surface area contributed by atoms with Crippen molar-refractivity contribution in [2.24, 2.45) is 5.41 Å². The molecule has 1 aromatic rings. The Morgan fingerprint density at radius 1 is 1.17 bits per heavy atom. The van der Waals surface area contributed by atoms with E-state index in [1.165, 1.54) is 0 Å². The standard InChI is InChI=1S/C15H25BrN2/c1-14(2,3)10-15(4,5)18-9-11-6-7-12(16)8-13(11)17/h6-8,18H,9-10,17H2,1-5H3. The van der Waals surface area contributed by atoms with Gasteiger partial charge >= 0.3 is 0 Å². The van der Waals surface area contributed by atoms with Crippen LogP contribution in [0.2, 0.25) is 0 Å². The fourth-order valence-electron chi connectivity index (χ4n) is 2.45. The van der Waals surface area contributed by atoms with Crippen LogP contribution in [-0.4, -0.2) is 5.54 Å². The van der Waals surface area contributed by atoms with Gasteiger partial charge in [-0.15, -0.1) is 0 Å². The minimum atomic E-state index is 0.109. The third-order valence-corrected chi connectivity index (χ3v) is 3.33. The molecule has 0 atom stereocenters. The van der Waals surface area contributed by atoms with E-state index in [1.54, 1.807) is 0 Å². The van der Waals surface area contributed by atoms with E-state index >= 15 is 0 Å². The highest BCUT2D eigenvalue weighted by Gasteiger charge is 2.24. The lowest BCUT2D eigenvalue weighted by Crippen LogP contribution is -2.41. The molecule has 18 heavy (non-hydrogen) atoms. The Morgan fingerprint density at radius 2 is 1.78 bits per heavy atom. The molecule has 0 radical (unpaired) electrons. The van der Waals surface area contributed by atoms with Gasteiger partial charge in [-0.05, 0) is 43.4 Å². The van der Waals surface area contributed by atoms with Gasteiger partial charge < -0.3 is 11.1 Å². The van der Waals surface area contributed by atoms with Crippen LogP contribution < -0.4 is 11.1 Å². The molecule has 3 N–H and O–H groups in total. The highest BCUT2D eigenvalue weighted by atomic mass is 79.9. The normalized spacial score (nSPS) is 12.8. The monoisotopic (exact) mass is 312 g/mol. The number of hydrogen-bond donors (Lipinski definition) is 2. The van der Waals surface area contributed by atoms with Crippen molar-refractivity contribution in [2.75, 3.05) is 5.73 Å².